The molecule has 0 aromatic heterocycles. The summed E-state index contributed by atoms with van der Waals surface area (Å²) in [6, 6.07) is -2.81. The summed E-state index contributed by atoms with van der Waals surface area (Å²) in [5, 5.41) is 87.0. The first-order valence-electron chi connectivity index (χ1n) is 39.0. The average Bonchev–Trinajstić information content (AvgIpc) is 0.773. The van der Waals surface area contributed by atoms with E-state index in [4.69, 9.17) is 65.0 Å². The van der Waals surface area contributed by atoms with Crippen LogP contribution in [0.2, 0.25) is 0 Å². The third-order valence-electron chi connectivity index (χ3n) is 18.9. The Balaban J connectivity index is -0.00000485. The Bertz CT molecular complexity index is 3180. The van der Waals surface area contributed by atoms with Crippen LogP contribution in [-0.4, -0.2) is 264 Å². The second-order valence-electron chi connectivity index (χ2n) is 28.3. The number of amides is 4. The number of carboxylic acid groups (broad SMARTS) is 1. The first kappa shape index (κ1) is 125. The van der Waals surface area contributed by atoms with Gasteiger partial charge in [0.15, 0.2) is 31.3 Å². The molecule has 0 aliphatic carbocycles. The second-order valence-corrected chi connectivity index (χ2v) is 31.2. The summed E-state index contributed by atoms with van der Waals surface area (Å²) in [5.74, 6) is -2.69. The minimum atomic E-state index is -5.54. The summed E-state index contributed by atoms with van der Waals surface area (Å²) in [5.41, 5.74) is 0. The Kier molecular flexibility index (Phi) is 74.8. The van der Waals surface area contributed by atoms with Gasteiger partial charge in [-0.1, -0.05) is 122 Å². The molecule has 4 amide bonds. The third-order valence-corrected chi connectivity index (χ3v) is 19.8. The van der Waals surface area contributed by atoms with Crippen LogP contribution in [0.25, 0.3) is 0 Å². The maximum Gasteiger partial charge on any atom is 1.00 e. The van der Waals surface area contributed by atoms with Crippen molar-refractivity contribution in [3.05, 3.63) is 13.5 Å². The first-order chi connectivity index (χ1) is 53.8. The SMILES string of the molecule is O=C=O.O=S(=O)([O-])O.[CH2-]C1OC(OC2[CH-]OC(OCCCCCCNC(=O)CCCCCCCNC(=O)CCCCCCCCCCC(=O)CCCCCCCCC(=O)CCCCCCCOC3OC(C(=O)[O-])C(OC4OC(CC)C(O)C(O)C4NC(C)=O)C(O)C3OS(=O)(=O)[O-])C(OS(=O)(=O)[O-])C2O)C(NC(C)=O)C(O)C1O.[Na+].[Na+].[Na+].[Na+].[Na+]. The van der Waals surface area contributed by atoms with Crippen molar-refractivity contribution in [1.82, 2.24) is 21.3 Å². The number of aliphatic carboxylic acids is 1. The molecule has 48 heteroatoms. The molecule has 11 N–H and O–H groups in total. The number of hydrogen-bond acceptors (Lipinski definition) is 35. The van der Waals surface area contributed by atoms with Gasteiger partial charge in [-0.2, -0.15) is 16.2 Å². The van der Waals surface area contributed by atoms with E-state index in [1.807, 2.05) is 0 Å². The van der Waals surface area contributed by atoms with E-state index in [0.717, 1.165) is 155 Å². The van der Waals surface area contributed by atoms with Gasteiger partial charge >= 0.3 is 154 Å². The average molecular weight is 1820 g/mol. The Morgan fingerprint density at radius 3 is 1.15 bits per heavy atom. The zero-order valence-corrected chi connectivity index (χ0v) is 82.5. The summed E-state index contributed by atoms with van der Waals surface area (Å²) < 4.78 is 156. The van der Waals surface area contributed by atoms with Gasteiger partial charge in [-0.15, -0.1) is 0 Å². The van der Waals surface area contributed by atoms with Crippen molar-refractivity contribution in [2.45, 2.75) is 362 Å². The Hall–Kier alpha value is 0.120. The summed E-state index contributed by atoms with van der Waals surface area (Å²) in [7, 11) is -15.8. The van der Waals surface area contributed by atoms with Gasteiger partial charge in [-0.05, 0) is 82.8 Å². The molecule has 0 aromatic carbocycles. The molecule has 19 unspecified atom stereocenters. The number of aliphatic hydroxyl groups excluding tert-OH is 6. The molecule has 4 saturated heterocycles. The van der Waals surface area contributed by atoms with E-state index in [2.05, 4.69) is 36.6 Å². The van der Waals surface area contributed by atoms with Crippen LogP contribution >= 0.6 is 0 Å². The molecule has 0 aromatic rings. The van der Waals surface area contributed by atoms with Gasteiger partial charge in [0, 0.05) is 78.7 Å². The van der Waals surface area contributed by atoms with Gasteiger partial charge in [-0.25, -0.2) is 25.3 Å². The van der Waals surface area contributed by atoms with Crippen molar-refractivity contribution in [2.24, 2.45) is 0 Å². The number of Topliss-reactive ketones (excluding diaryl/α,β-unsaturated/α-hetero) is 2. The van der Waals surface area contributed by atoms with Crippen LogP contribution in [-0.2, 0) is 121 Å². The van der Waals surface area contributed by atoms with E-state index in [-0.39, 0.29) is 191 Å². The second kappa shape index (κ2) is 70.9. The predicted molar refractivity (Wildman–Crippen MR) is 388 cm³/mol. The molecule has 4 aliphatic rings. The van der Waals surface area contributed by atoms with Crippen molar-refractivity contribution in [3.8, 4) is 0 Å². The fraction of sp³-hybridized carbons (Fsp3) is 0.859. The molecule has 0 spiro atoms. The van der Waals surface area contributed by atoms with E-state index in [1.165, 1.54) is 0 Å². The van der Waals surface area contributed by atoms with Crippen molar-refractivity contribution in [3.63, 3.8) is 0 Å². The van der Waals surface area contributed by atoms with Gasteiger partial charge < -0.3 is 120 Å². The Morgan fingerprint density at radius 2 is 0.782 bits per heavy atom. The maximum absolute atomic E-state index is 12.5. The standard InChI is InChI=1S/C70H122N4O30S2.CO2.5Na.H2O4S/c1-5-50-57(82)60(85)55(74-47(4)76)68(99-50)101-62-61(86)64(104-106(92,93)94)70(102-65(62)66(87)88)96-43-32-22-13-17-27-37-49(78)36-26-16-11-10-15-25-35-48(77)34-24-14-8-6-7-9-18-28-38-52(79)71-40-30-20-12-19-29-39-53(80)72-41-31-21-23-33-42-95-69-63(103-105(89,90)91)58(83)51(44-97-69)100-67-54(73-46(3)75)59(84)56(81)45(2)98-67;2-1-3;;;;;;1-5(2,3)4/h44-45,50-51,54-65,67-70,81-86H,2,5-43H2,1,3-4H3,(H,71,79)(H,72,80)(H,73,75)(H,74,76)(H,87,88)(H,89,90,91)(H,92,93,94);;;;;;;(H2,1,2,3,4)/q-2;;5*+1;/p-4. The van der Waals surface area contributed by atoms with Crippen molar-refractivity contribution in [2.75, 3.05) is 26.3 Å². The number of rotatable bonds is 57. The van der Waals surface area contributed by atoms with Crippen LogP contribution < -0.4 is 174 Å². The van der Waals surface area contributed by atoms with E-state index in [0.29, 0.717) is 102 Å². The molecule has 4 aliphatic heterocycles. The molecular formula is C71H120N4Na5O36S3-. The topological polar surface area (TPSA) is 630 Å². The van der Waals surface area contributed by atoms with Gasteiger partial charge in [0.25, 0.3) is 0 Å². The molecule has 0 saturated carbocycles. The fourth-order valence-corrected chi connectivity index (χ4v) is 13.9. The van der Waals surface area contributed by atoms with Gasteiger partial charge in [0.1, 0.15) is 66.4 Å². The van der Waals surface area contributed by atoms with E-state index >= 15 is 0 Å². The van der Waals surface area contributed by atoms with Crippen molar-refractivity contribution < 1.29 is 316 Å². The first-order valence-corrected chi connectivity index (χ1v) is 43.0. The molecule has 4 heterocycles. The number of aliphatic hydroxyl groups is 6. The molecular weight excluding hydrogens is 1700 g/mol. The maximum atomic E-state index is 12.5. The van der Waals surface area contributed by atoms with Crippen LogP contribution in [0.1, 0.15) is 245 Å². The monoisotopic (exact) mass is 1820 g/mol. The van der Waals surface area contributed by atoms with Gasteiger partial charge in [-0.3, -0.25) is 41.7 Å². The summed E-state index contributed by atoms with van der Waals surface area (Å²) in [6.45, 7) is 9.41. The number of carbonyl (C=O) groups is 7. The molecule has 119 heavy (non-hydrogen) atoms. The summed E-state index contributed by atoms with van der Waals surface area (Å²) >= 11 is 0. The Labute approximate surface area is 809 Å². The zero-order chi connectivity index (χ0) is 85.4. The zero-order valence-electron chi connectivity index (χ0n) is 70.0. The van der Waals surface area contributed by atoms with E-state index in [1.54, 1.807) is 6.92 Å². The van der Waals surface area contributed by atoms with Crippen LogP contribution in [0.15, 0.2) is 0 Å². The van der Waals surface area contributed by atoms with Crippen LogP contribution in [0.5, 0.6) is 0 Å². The van der Waals surface area contributed by atoms with Gasteiger partial charge in [0.2, 0.25) is 54.8 Å². The number of ketones is 2. The molecule has 0 bridgehead atoms. The number of carbonyl (C=O) groups excluding carboxylic acids is 9. The van der Waals surface area contributed by atoms with Gasteiger partial charge in [0.05, 0.1) is 24.3 Å². The fourth-order valence-electron chi connectivity index (χ4n) is 13.0. The van der Waals surface area contributed by atoms with Crippen LogP contribution in [0.4, 0.5) is 0 Å². The van der Waals surface area contributed by atoms with Crippen molar-refractivity contribution >= 4 is 78.5 Å². The Morgan fingerprint density at radius 1 is 0.445 bits per heavy atom. The van der Waals surface area contributed by atoms with Crippen LogP contribution in [0, 0.1) is 13.5 Å². The molecule has 0 radical (unpaired) electrons. The van der Waals surface area contributed by atoms with Crippen molar-refractivity contribution in [1.29, 1.82) is 0 Å². The molecule has 4 rings (SSSR count). The minimum Gasteiger partial charge on any atom is -0.726 e. The largest absolute Gasteiger partial charge is 1.00 e. The number of carboxylic acids is 1. The molecule has 40 nitrogen and oxygen atoms in total. The van der Waals surface area contributed by atoms with Crippen LogP contribution in [0.3, 0.4) is 0 Å². The van der Waals surface area contributed by atoms with E-state index in [9.17, 15) is 95.2 Å². The normalized spacial score (nSPS) is 26.0. The quantitative estimate of drug-likeness (QED) is 0.00885. The smallest absolute Gasteiger partial charge is 0.726 e. The van der Waals surface area contributed by atoms with E-state index < -0.39 is 166 Å². The number of hydrogen-bond donors (Lipinski definition) is 11. The number of unbranched alkanes of at least 4 members (excludes halogenated alkanes) is 23. The summed E-state index contributed by atoms with van der Waals surface area (Å²) in [4.78, 5) is 102. The third kappa shape index (κ3) is 57.7. The molecule has 19 atom stereocenters. The predicted octanol–water partition coefficient (Wildman–Crippen LogP) is -14.6. The number of nitrogens with one attached hydrogen (secondary N) is 4. The number of ether oxygens (including phenoxy) is 8. The minimum absolute atomic E-state index is 0. The summed E-state index contributed by atoms with van der Waals surface area (Å²) in [6.07, 6.45) is -1.58. The molecule has 4 fully saturated rings. The molecule has 664 valence electrons.